The second-order valence-electron chi connectivity index (χ2n) is 4.85. The van der Waals surface area contributed by atoms with Gasteiger partial charge in [0.15, 0.2) is 0 Å². The molecule has 0 spiro atoms. The zero-order valence-corrected chi connectivity index (χ0v) is 12.2. The predicted molar refractivity (Wildman–Crippen MR) is 81.7 cm³/mol. The van der Waals surface area contributed by atoms with Gasteiger partial charge in [0.05, 0.1) is 11.4 Å². The largest absolute Gasteiger partial charge is 0.487 e. The Morgan fingerprint density at radius 2 is 1.85 bits per heavy atom. The summed E-state index contributed by atoms with van der Waals surface area (Å²) in [6, 6.07) is 14.1. The molecule has 0 aliphatic heterocycles. The summed E-state index contributed by atoms with van der Waals surface area (Å²) in [6.45, 7) is 6.55. The maximum absolute atomic E-state index is 5.82. The average Bonchev–Trinajstić information content (AvgIpc) is 2.47. The molecule has 3 nitrogen and oxygen atoms in total. The van der Waals surface area contributed by atoms with E-state index in [2.05, 4.69) is 17.2 Å². The number of hydrogen-bond acceptors (Lipinski definition) is 3. The molecule has 0 saturated carbocycles. The summed E-state index contributed by atoms with van der Waals surface area (Å²) in [5, 5.41) is 3.36. The minimum absolute atomic E-state index is 0.506. The summed E-state index contributed by atoms with van der Waals surface area (Å²) >= 11 is 0. The van der Waals surface area contributed by atoms with Gasteiger partial charge in [-0.05, 0) is 43.7 Å². The Balaban J connectivity index is 1.93. The topological polar surface area (TPSA) is 34.1 Å². The van der Waals surface area contributed by atoms with Crippen LogP contribution < -0.4 is 10.1 Å². The van der Waals surface area contributed by atoms with E-state index in [1.807, 2.05) is 49.4 Å². The first-order valence-electron chi connectivity index (χ1n) is 7.13. The van der Waals surface area contributed by atoms with Gasteiger partial charge in [-0.15, -0.1) is 0 Å². The summed E-state index contributed by atoms with van der Waals surface area (Å²) in [7, 11) is 0. The minimum Gasteiger partial charge on any atom is -0.487 e. The van der Waals surface area contributed by atoms with Gasteiger partial charge in [0, 0.05) is 6.54 Å². The fourth-order valence-corrected chi connectivity index (χ4v) is 1.97. The lowest BCUT2D eigenvalue weighted by atomic mass is 10.2. The van der Waals surface area contributed by atoms with E-state index in [4.69, 9.17) is 4.74 Å². The van der Waals surface area contributed by atoms with Crippen molar-refractivity contribution in [3.63, 3.8) is 0 Å². The zero-order chi connectivity index (χ0) is 14.2. The van der Waals surface area contributed by atoms with E-state index in [-0.39, 0.29) is 0 Å². The lowest BCUT2D eigenvalue weighted by molar-refractivity contribution is 0.299. The number of nitrogens with one attached hydrogen (secondary N) is 1. The van der Waals surface area contributed by atoms with Crippen LogP contribution in [0, 0.1) is 6.92 Å². The molecule has 0 bridgehead atoms. The van der Waals surface area contributed by atoms with Gasteiger partial charge >= 0.3 is 0 Å². The molecule has 2 rings (SSSR count). The molecular formula is C17H22N2O. The van der Waals surface area contributed by atoms with Crippen LogP contribution in [0.1, 0.15) is 30.3 Å². The first kappa shape index (κ1) is 14.5. The first-order valence-corrected chi connectivity index (χ1v) is 7.13. The van der Waals surface area contributed by atoms with Crippen molar-refractivity contribution in [3.05, 3.63) is 59.4 Å². The SMILES string of the molecule is CCCNCc1cccc(COc2ccccc2C)n1. The van der Waals surface area contributed by atoms with Crippen molar-refractivity contribution < 1.29 is 4.74 Å². The van der Waals surface area contributed by atoms with Crippen molar-refractivity contribution in [2.24, 2.45) is 0 Å². The number of rotatable bonds is 7. The highest BCUT2D eigenvalue weighted by Crippen LogP contribution is 2.17. The molecule has 1 aromatic carbocycles. The molecule has 0 amide bonds. The minimum atomic E-state index is 0.506. The van der Waals surface area contributed by atoms with E-state index in [1.54, 1.807) is 0 Å². The third kappa shape index (κ3) is 4.35. The maximum atomic E-state index is 5.82. The molecule has 1 aromatic heterocycles. The molecule has 2 aromatic rings. The van der Waals surface area contributed by atoms with E-state index in [1.165, 1.54) is 0 Å². The van der Waals surface area contributed by atoms with Gasteiger partial charge in [0.25, 0.3) is 0 Å². The number of hydrogen-bond donors (Lipinski definition) is 1. The van der Waals surface area contributed by atoms with Crippen LogP contribution in [-0.2, 0) is 13.2 Å². The highest BCUT2D eigenvalue weighted by molar-refractivity contribution is 5.31. The van der Waals surface area contributed by atoms with Gasteiger partial charge in [-0.25, -0.2) is 0 Å². The molecule has 0 aliphatic carbocycles. The van der Waals surface area contributed by atoms with Gasteiger partial charge in [-0.2, -0.15) is 0 Å². The van der Waals surface area contributed by atoms with Gasteiger partial charge in [0.2, 0.25) is 0 Å². The summed E-state index contributed by atoms with van der Waals surface area (Å²) < 4.78 is 5.82. The normalized spacial score (nSPS) is 10.5. The van der Waals surface area contributed by atoms with Crippen LogP contribution in [0.15, 0.2) is 42.5 Å². The van der Waals surface area contributed by atoms with Crippen LogP contribution >= 0.6 is 0 Å². The number of pyridine rings is 1. The molecule has 0 aliphatic rings. The lowest BCUT2D eigenvalue weighted by Crippen LogP contribution is -2.15. The Bertz CT molecular complexity index is 540. The smallest absolute Gasteiger partial charge is 0.130 e. The Labute approximate surface area is 121 Å². The van der Waals surface area contributed by atoms with Crippen LogP contribution in [0.3, 0.4) is 0 Å². The molecule has 3 heteroatoms. The summed E-state index contributed by atoms with van der Waals surface area (Å²) in [4.78, 5) is 4.60. The molecule has 0 atom stereocenters. The van der Waals surface area contributed by atoms with Crippen LogP contribution in [-0.4, -0.2) is 11.5 Å². The summed E-state index contributed by atoms with van der Waals surface area (Å²) in [6.07, 6.45) is 1.14. The Morgan fingerprint density at radius 1 is 1.05 bits per heavy atom. The second kappa shape index (κ2) is 7.65. The van der Waals surface area contributed by atoms with Crippen molar-refractivity contribution >= 4 is 0 Å². The Hall–Kier alpha value is -1.87. The number of aryl methyl sites for hydroxylation is 1. The van der Waals surface area contributed by atoms with Crippen LogP contribution in [0.4, 0.5) is 0 Å². The number of para-hydroxylation sites is 1. The molecule has 106 valence electrons. The van der Waals surface area contributed by atoms with Crippen LogP contribution in [0.25, 0.3) is 0 Å². The average molecular weight is 270 g/mol. The zero-order valence-electron chi connectivity index (χ0n) is 12.2. The van der Waals surface area contributed by atoms with Gasteiger partial charge in [-0.1, -0.05) is 31.2 Å². The molecule has 1 N–H and O–H groups in total. The third-order valence-electron chi connectivity index (χ3n) is 3.07. The van der Waals surface area contributed by atoms with Gasteiger partial charge in [-0.3, -0.25) is 4.98 Å². The molecule has 0 unspecified atom stereocenters. The highest BCUT2D eigenvalue weighted by atomic mass is 16.5. The second-order valence-corrected chi connectivity index (χ2v) is 4.85. The number of benzene rings is 1. The fourth-order valence-electron chi connectivity index (χ4n) is 1.97. The Morgan fingerprint density at radius 3 is 2.65 bits per heavy atom. The lowest BCUT2D eigenvalue weighted by Gasteiger charge is -2.09. The highest BCUT2D eigenvalue weighted by Gasteiger charge is 2.01. The van der Waals surface area contributed by atoms with Crippen molar-refractivity contribution in [1.29, 1.82) is 0 Å². The quantitative estimate of drug-likeness (QED) is 0.782. The van der Waals surface area contributed by atoms with Crippen molar-refractivity contribution in [1.82, 2.24) is 10.3 Å². The maximum Gasteiger partial charge on any atom is 0.130 e. The van der Waals surface area contributed by atoms with Crippen molar-refractivity contribution in [3.8, 4) is 5.75 Å². The van der Waals surface area contributed by atoms with Crippen molar-refractivity contribution in [2.45, 2.75) is 33.4 Å². The molecule has 0 radical (unpaired) electrons. The summed E-state index contributed by atoms with van der Waals surface area (Å²) in [5.41, 5.74) is 3.17. The van der Waals surface area contributed by atoms with E-state index in [0.717, 1.165) is 42.2 Å². The van der Waals surface area contributed by atoms with Crippen LogP contribution in [0.5, 0.6) is 5.75 Å². The van der Waals surface area contributed by atoms with Gasteiger partial charge in [0.1, 0.15) is 12.4 Å². The Kier molecular flexibility index (Phi) is 5.56. The van der Waals surface area contributed by atoms with E-state index in [9.17, 15) is 0 Å². The van der Waals surface area contributed by atoms with E-state index < -0.39 is 0 Å². The number of aromatic nitrogens is 1. The van der Waals surface area contributed by atoms with Crippen LogP contribution in [0.2, 0.25) is 0 Å². The molecule has 1 heterocycles. The molecule has 0 saturated heterocycles. The van der Waals surface area contributed by atoms with E-state index in [0.29, 0.717) is 6.61 Å². The van der Waals surface area contributed by atoms with E-state index >= 15 is 0 Å². The standard InChI is InChI=1S/C17H22N2O/c1-3-11-18-12-15-8-6-9-16(19-15)13-20-17-10-5-4-7-14(17)2/h4-10,18H,3,11-13H2,1-2H3. The molecule has 20 heavy (non-hydrogen) atoms. The molecule has 0 fully saturated rings. The number of ether oxygens (including phenoxy) is 1. The predicted octanol–water partition coefficient (Wildman–Crippen LogP) is 3.47. The van der Waals surface area contributed by atoms with Crippen molar-refractivity contribution in [2.75, 3.05) is 6.54 Å². The third-order valence-corrected chi connectivity index (χ3v) is 3.07. The number of nitrogens with zero attached hydrogens (tertiary/aromatic N) is 1. The first-order chi connectivity index (χ1) is 9.79. The molecular weight excluding hydrogens is 248 g/mol. The monoisotopic (exact) mass is 270 g/mol. The van der Waals surface area contributed by atoms with Gasteiger partial charge < -0.3 is 10.1 Å². The summed E-state index contributed by atoms with van der Waals surface area (Å²) in [5.74, 6) is 0.920. The fraction of sp³-hybridized carbons (Fsp3) is 0.353.